The monoisotopic (exact) mass is 370 g/mol. The molecule has 0 spiro atoms. The maximum Gasteiger partial charge on any atom is 0.224 e. The van der Waals surface area contributed by atoms with Crippen LogP contribution < -0.4 is 20.1 Å². The van der Waals surface area contributed by atoms with Crippen molar-refractivity contribution in [3.63, 3.8) is 0 Å². The first-order valence-electron chi connectivity index (χ1n) is 8.90. The van der Waals surface area contributed by atoms with Crippen LogP contribution in [0.1, 0.15) is 17.5 Å². The average Bonchev–Trinajstić information content (AvgIpc) is 2.70. The summed E-state index contributed by atoms with van der Waals surface area (Å²) in [7, 11) is 3.20. The van der Waals surface area contributed by atoms with Gasteiger partial charge in [-0.3, -0.25) is 9.59 Å². The summed E-state index contributed by atoms with van der Waals surface area (Å²) >= 11 is 0. The molecule has 0 heterocycles. The fraction of sp³-hybridized carbons (Fsp3) is 0.333. The molecule has 0 fully saturated rings. The van der Waals surface area contributed by atoms with E-state index in [0.29, 0.717) is 32.4 Å². The summed E-state index contributed by atoms with van der Waals surface area (Å²) < 4.78 is 10.5. The zero-order chi connectivity index (χ0) is 19.5. The Morgan fingerprint density at radius 1 is 0.889 bits per heavy atom. The van der Waals surface area contributed by atoms with Gasteiger partial charge in [0.1, 0.15) is 11.5 Å². The number of carbonyl (C=O) groups is 2. The van der Waals surface area contributed by atoms with E-state index in [9.17, 15) is 9.59 Å². The molecular weight excluding hydrogens is 344 g/mol. The molecule has 0 aliphatic heterocycles. The first kappa shape index (κ1) is 20.3. The summed E-state index contributed by atoms with van der Waals surface area (Å²) in [6.07, 6.45) is 1.22. The maximum absolute atomic E-state index is 12.0. The van der Waals surface area contributed by atoms with Crippen molar-refractivity contribution in [3.05, 3.63) is 59.7 Å². The summed E-state index contributed by atoms with van der Waals surface area (Å²) in [6, 6.07) is 15.1. The standard InChI is InChI=1S/C21H26N2O4/c1-26-18-9-10-19(27-2)17(15-18)8-11-20(24)22-12-13-23-21(25)14-16-6-4-3-5-7-16/h3-7,9-10,15H,8,11-14H2,1-2H3,(H,22,24)(H,23,25). The molecular formula is C21H26N2O4. The molecule has 6 nitrogen and oxygen atoms in total. The molecule has 0 bridgehead atoms. The Labute approximate surface area is 159 Å². The molecule has 27 heavy (non-hydrogen) atoms. The molecule has 144 valence electrons. The minimum absolute atomic E-state index is 0.0587. The lowest BCUT2D eigenvalue weighted by Crippen LogP contribution is -2.35. The highest BCUT2D eigenvalue weighted by Crippen LogP contribution is 2.24. The molecule has 2 aromatic rings. The SMILES string of the molecule is COc1ccc(OC)c(CCC(=O)NCCNC(=O)Cc2ccccc2)c1. The zero-order valence-corrected chi connectivity index (χ0v) is 15.8. The third-order valence-corrected chi connectivity index (χ3v) is 4.09. The molecule has 0 aliphatic rings. The zero-order valence-electron chi connectivity index (χ0n) is 15.8. The number of ether oxygens (including phenoxy) is 2. The van der Waals surface area contributed by atoms with Crippen molar-refractivity contribution in [1.82, 2.24) is 10.6 Å². The first-order chi connectivity index (χ1) is 13.1. The van der Waals surface area contributed by atoms with Gasteiger partial charge in [-0.2, -0.15) is 0 Å². The summed E-state index contributed by atoms with van der Waals surface area (Å²) in [5.41, 5.74) is 1.88. The molecule has 0 radical (unpaired) electrons. The van der Waals surface area contributed by atoms with Gasteiger partial charge in [-0.1, -0.05) is 30.3 Å². The van der Waals surface area contributed by atoms with Crippen molar-refractivity contribution in [3.8, 4) is 11.5 Å². The van der Waals surface area contributed by atoms with Gasteiger partial charge < -0.3 is 20.1 Å². The molecule has 2 aromatic carbocycles. The van der Waals surface area contributed by atoms with Crippen LogP contribution in [-0.4, -0.2) is 39.1 Å². The van der Waals surface area contributed by atoms with Crippen LogP contribution in [0.2, 0.25) is 0 Å². The van der Waals surface area contributed by atoms with Crippen molar-refractivity contribution >= 4 is 11.8 Å². The molecule has 0 aliphatic carbocycles. The van der Waals surface area contributed by atoms with Crippen LogP contribution in [0.4, 0.5) is 0 Å². The van der Waals surface area contributed by atoms with E-state index in [4.69, 9.17) is 9.47 Å². The second-order valence-electron chi connectivity index (χ2n) is 6.04. The third-order valence-electron chi connectivity index (χ3n) is 4.09. The summed E-state index contributed by atoms with van der Waals surface area (Å²) in [4.78, 5) is 23.9. The fourth-order valence-electron chi connectivity index (χ4n) is 2.66. The number of aryl methyl sites for hydroxylation is 1. The molecule has 0 atom stereocenters. The molecule has 0 saturated carbocycles. The van der Waals surface area contributed by atoms with Gasteiger partial charge in [-0.15, -0.1) is 0 Å². The van der Waals surface area contributed by atoms with Crippen LogP contribution in [0.25, 0.3) is 0 Å². The van der Waals surface area contributed by atoms with E-state index in [2.05, 4.69) is 10.6 Å². The van der Waals surface area contributed by atoms with Gasteiger partial charge in [0.2, 0.25) is 11.8 Å². The summed E-state index contributed by atoms with van der Waals surface area (Å²) in [6.45, 7) is 0.800. The van der Waals surface area contributed by atoms with E-state index in [1.165, 1.54) is 0 Å². The van der Waals surface area contributed by atoms with Gasteiger partial charge in [-0.05, 0) is 35.7 Å². The number of benzene rings is 2. The molecule has 0 unspecified atom stereocenters. The topological polar surface area (TPSA) is 76.7 Å². The Bertz CT molecular complexity index is 747. The van der Waals surface area contributed by atoms with Gasteiger partial charge >= 0.3 is 0 Å². The number of methoxy groups -OCH3 is 2. The largest absolute Gasteiger partial charge is 0.497 e. The van der Waals surface area contributed by atoms with Crippen LogP contribution in [0.15, 0.2) is 48.5 Å². The predicted octanol–water partition coefficient (Wildman–Crippen LogP) is 2.11. The highest BCUT2D eigenvalue weighted by Gasteiger charge is 2.08. The second-order valence-corrected chi connectivity index (χ2v) is 6.04. The minimum Gasteiger partial charge on any atom is -0.497 e. The van der Waals surface area contributed by atoms with Crippen LogP contribution in [0.5, 0.6) is 11.5 Å². The summed E-state index contributed by atoms with van der Waals surface area (Å²) in [5.74, 6) is 1.33. The molecule has 2 rings (SSSR count). The Morgan fingerprint density at radius 2 is 1.59 bits per heavy atom. The van der Waals surface area contributed by atoms with Crippen molar-refractivity contribution in [2.75, 3.05) is 27.3 Å². The van der Waals surface area contributed by atoms with E-state index in [0.717, 1.165) is 22.6 Å². The number of amides is 2. The minimum atomic E-state index is -0.0721. The highest BCUT2D eigenvalue weighted by atomic mass is 16.5. The van der Waals surface area contributed by atoms with E-state index in [-0.39, 0.29) is 11.8 Å². The van der Waals surface area contributed by atoms with Gasteiger partial charge in [-0.25, -0.2) is 0 Å². The van der Waals surface area contributed by atoms with Crippen LogP contribution in [0, 0.1) is 0 Å². The van der Waals surface area contributed by atoms with Crippen LogP contribution in [0.3, 0.4) is 0 Å². The molecule has 2 amide bonds. The van der Waals surface area contributed by atoms with Crippen molar-refractivity contribution in [2.45, 2.75) is 19.3 Å². The summed E-state index contributed by atoms with van der Waals surface area (Å²) in [5, 5.41) is 5.62. The second kappa shape index (κ2) is 10.9. The molecule has 2 N–H and O–H groups in total. The maximum atomic E-state index is 12.0. The number of hydrogen-bond acceptors (Lipinski definition) is 4. The lowest BCUT2D eigenvalue weighted by molar-refractivity contribution is -0.122. The normalized spacial score (nSPS) is 10.1. The van der Waals surface area contributed by atoms with E-state index < -0.39 is 0 Å². The Hall–Kier alpha value is -3.02. The van der Waals surface area contributed by atoms with Crippen molar-refractivity contribution in [1.29, 1.82) is 0 Å². The Balaban J connectivity index is 1.67. The number of carbonyl (C=O) groups excluding carboxylic acids is 2. The fourth-order valence-corrected chi connectivity index (χ4v) is 2.66. The van der Waals surface area contributed by atoms with Gasteiger partial charge in [0.15, 0.2) is 0 Å². The molecule has 0 aromatic heterocycles. The number of rotatable bonds is 10. The smallest absolute Gasteiger partial charge is 0.224 e. The van der Waals surface area contributed by atoms with Crippen molar-refractivity contribution < 1.29 is 19.1 Å². The Kier molecular flexibility index (Phi) is 8.16. The Morgan fingerprint density at radius 3 is 2.26 bits per heavy atom. The number of hydrogen-bond donors (Lipinski definition) is 2. The van der Waals surface area contributed by atoms with E-state index >= 15 is 0 Å². The van der Waals surface area contributed by atoms with Crippen LogP contribution in [-0.2, 0) is 22.4 Å². The highest BCUT2D eigenvalue weighted by molar-refractivity contribution is 5.79. The average molecular weight is 370 g/mol. The van der Waals surface area contributed by atoms with Crippen molar-refractivity contribution in [2.24, 2.45) is 0 Å². The van der Waals surface area contributed by atoms with Crippen LogP contribution >= 0.6 is 0 Å². The quantitative estimate of drug-likeness (QED) is 0.628. The van der Waals surface area contributed by atoms with Gasteiger partial charge in [0.05, 0.1) is 20.6 Å². The lowest BCUT2D eigenvalue weighted by Gasteiger charge is -2.11. The molecule has 6 heteroatoms. The van der Waals surface area contributed by atoms with Gasteiger partial charge in [0, 0.05) is 19.5 Å². The first-order valence-corrected chi connectivity index (χ1v) is 8.90. The lowest BCUT2D eigenvalue weighted by atomic mass is 10.1. The van der Waals surface area contributed by atoms with E-state index in [1.54, 1.807) is 14.2 Å². The molecule has 0 saturated heterocycles. The predicted molar refractivity (Wildman–Crippen MR) is 104 cm³/mol. The van der Waals surface area contributed by atoms with Gasteiger partial charge in [0.25, 0.3) is 0 Å². The van der Waals surface area contributed by atoms with E-state index in [1.807, 2.05) is 48.5 Å². The third kappa shape index (κ3) is 7.01. The number of nitrogens with one attached hydrogen (secondary N) is 2.